The molecule has 2 aromatic heterocycles. The van der Waals surface area contributed by atoms with Crippen molar-refractivity contribution >= 4 is 27.3 Å². The van der Waals surface area contributed by atoms with Crippen LogP contribution in [0.5, 0.6) is 0 Å². The highest BCUT2D eigenvalue weighted by Crippen LogP contribution is 2.27. The maximum Gasteiger partial charge on any atom is 0.273 e. The van der Waals surface area contributed by atoms with Crippen LogP contribution in [0.2, 0.25) is 0 Å². The number of aromatic nitrogens is 2. The van der Waals surface area contributed by atoms with E-state index in [-0.39, 0.29) is 42.7 Å². The lowest BCUT2D eigenvalue weighted by Gasteiger charge is -2.33. The second kappa shape index (κ2) is 7.97. The van der Waals surface area contributed by atoms with Gasteiger partial charge >= 0.3 is 0 Å². The maximum absolute atomic E-state index is 13.9. The molecule has 1 fully saturated rings. The van der Waals surface area contributed by atoms with Crippen molar-refractivity contribution in [1.82, 2.24) is 19.2 Å². The lowest BCUT2D eigenvalue weighted by Crippen LogP contribution is -2.50. The van der Waals surface area contributed by atoms with E-state index in [0.29, 0.717) is 10.6 Å². The van der Waals surface area contributed by atoms with E-state index < -0.39 is 15.8 Å². The van der Waals surface area contributed by atoms with E-state index in [2.05, 4.69) is 9.97 Å². The Kier molecular flexibility index (Phi) is 5.39. The zero-order valence-electron chi connectivity index (χ0n) is 15.2. The van der Waals surface area contributed by atoms with Crippen LogP contribution in [0.15, 0.2) is 59.1 Å². The van der Waals surface area contributed by atoms with Crippen molar-refractivity contribution in [1.29, 1.82) is 0 Å². The van der Waals surface area contributed by atoms with Gasteiger partial charge in [-0.15, -0.1) is 11.3 Å². The Hall–Kier alpha value is -2.69. The summed E-state index contributed by atoms with van der Waals surface area (Å²) in [7, 11) is -3.63. The van der Waals surface area contributed by atoms with Gasteiger partial charge < -0.3 is 4.90 Å². The van der Waals surface area contributed by atoms with Crippen LogP contribution in [0, 0.1) is 5.82 Å². The Balaban J connectivity index is 1.44. The lowest BCUT2D eigenvalue weighted by molar-refractivity contribution is 0.0693. The number of carbonyl (C=O) groups is 1. The molecule has 1 aromatic carbocycles. The van der Waals surface area contributed by atoms with Gasteiger partial charge in [-0.1, -0.05) is 12.1 Å². The summed E-state index contributed by atoms with van der Waals surface area (Å²) in [4.78, 5) is 22.6. The van der Waals surface area contributed by atoms with Gasteiger partial charge in [0, 0.05) is 49.5 Å². The fourth-order valence-corrected chi connectivity index (χ4v) is 5.28. The first-order chi connectivity index (χ1) is 14.0. The minimum Gasteiger partial charge on any atom is -0.335 e. The van der Waals surface area contributed by atoms with E-state index in [1.54, 1.807) is 34.5 Å². The molecule has 3 aromatic rings. The molecule has 1 aliphatic rings. The third-order valence-corrected chi connectivity index (χ3v) is 7.38. The third-order valence-electron chi connectivity index (χ3n) is 4.63. The van der Waals surface area contributed by atoms with E-state index in [0.717, 1.165) is 0 Å². The molecule has 1 aliphatic heterocycles. The molecule has 1 saturated heterocycles. The van der Waals surface area contributed by atoms with Crippen LogP contribution in [-0.4, -0.2) is 59.7 Å². The van der Waals surface area contributed by atoms with Gasteiger partial charge in [0.25, 0.3) is 5.91 Å². The molecule has 3 heterocycles. The number of pyridine rings is 1. The molecule has 150 valence electrons. The zero-order valence-corrected chi connectivity index (χ0v) is 16.9. The first kappa shape index (κ1) is 19.6. The summed E-state index contributed by atoms with van der Waals surface area (Å²) < 4.78 is 40.6. The number of sulfonamides is 1. The van der Waals surface area contributed by atoms with Crippen molar-refractivity contribution in [3.05, 3.63) is 65.7 Å². The molecule has 10 heteroatoms. The van der Waals surface area contributed by atoms with Crippen LogP contribution < -0.4 is 0 Å². The molecule has 0 N–H and O–H groups in total. The van der Waals surface area contributed by atoms with Gasteiger partial charge in [-0.25, -0.2) is 17.8 Å². The van der Waals surface area contributed by atoms with E-state index in [1.807, 2.05) is 0 Å². The topological polar surface area (TPSA) is 83.5 Å². The number of rotatable bonds is 4. The predicted molar refractivity (Wildman–Crippen MR) is 106 cm³/mol. The number of hydrogen-bond acceptors (Lipinski definition) is 6. The highest BCUT2D eigenvalue weighted by molar-refractivity contribution is 7.89. The smallest absolute Gasteiger partial charge is 0.273 e. The Bertz CT molecular complexity index is 1130. The summed E-state index contributed by atoms with van der Waals surface area (Å²) in [6.45, 7) is 0.885. The predicted octanol–water partition coefficient (Wildman–Crippen LogP) is 2.49. The van der Waals surface area contributed by atoms with Gasteiger partial charge in [-0.2, -0.15) is 4.31 Å². The van der Waals surface area contributed by atoms with Crippen molar-refractivity contribution in [3.8, 4) is 10.6 Å². The standard InChI is InChI=1S/C19H17FN4O3S2/c20-16-6-2-1-5-15(16)18-22-17(13-28-18)19(25)23-8-10-24(11-9-23)29(26,27)14-4-3-7-21-12-14/h1-7,12-13H,8-11H2. The SMILES string of the molecule is O=C(c1csc(-c2ccccc2F)n1)N1CCN(S(=O)(=O)c2cccnc2)CC1. The Morgan fingerprint density at radius 3 is 2.52 bits per heavy atom. The number of amides is 1. The van der Waals surface area contributed by atoms with Gasteiger partial charge in [-0.3, -0.25) is 9.78 Å². The molecule has 4 rings (SSSR count). The Morgan fingerprint density at radius 1 is 1.07 bits per heavy atom. The molecule has 0 radical (unpaired) electrons. The number of carbonyl (C=O) groups excluding carboxylic acids is 1. The van der Waals surface area contributed by atoms with Crippen molar-refractivity contribution in [2.45, 2.75) is 4.90 Å². The van der Waals surface area contributed by atoms with E-state index in [4.69, 9.17) is 0 Å². The molecule has 0 aliphatic carbocycles. The minimum absolute atomic E-state index is 0.133. The minimum atomic E-state index is -3.63. The van der Waals surface area contributed by atoms with Crippen LogP contribution in [-0.2, 0) is 10.0 Å². The first-order valence-corrected chi connectivity index (χ1v) is 11.2. The molecule has 1 amide bonds. The van der Waals surface area contributed by atoms with E-state index in [1.165, 1.54) is 40.2 Å². The first-order valence-electron chi connectivity index (χ1n) is 8.87. The molecule has 7 nitrogen and oxygen atoms in total. The second-order valence-electron chi connectivity index (χ2n) is 6.40. The molecule has 0 bridgehead atoms. The van der Waals surface area contributed by atoms with Crippen molar-refractivity contribution in [2.75, 3.05) is 26.2 Å². The summed E-state index contributed by atoms with van der Waals surface area (Å²) in [5.74, 6) is -0.683. The van der Waals surface area contributed by atoms with Crippen LogP contribution in [0.1, 0.15) is 10.5 Å². The van der Waals surface area contributed by atoms with E-state index in [9.17, 15) is 17.6 Å². The Morgan fingerprint density at radius 2 is 1.83 bits per heavy atom. The monoisotopic (exact) mass is 432 g/mol. The normalized spacial score (nSPS) is 15.4. The van der Waals surface area contributed by atoms with Gasteiger partial charge in [0.05, 0.1) is 0 Å². The molecule has 0 saturated carbocycles. The lowest BCUT2D eigenvalue weighted by atomic mass is 10.2. The number of hydrogen-bond donors (Lipinski definition) is 0. The summed E-state index contributed by atoms with van der Waals surface area (Å²) in [5.41, 5.74) is 0.584. The summed E-state index contributed by atoms with van der Waals surface area (Å²) in [6.07, 6.45) is 2.82. The van der Waals surface area contributed by atoms with Crippen LogP contribution in [0.4, 0.5) is 4.39 Å². The quantitative estimate of drug-likeness (QED) is 0.633. The molecule has 0 atom stereocenters. The van der Waals surface area contributed by atoms with Gasteiger partial charge in [0.15, 0.2) is 0 Å². The number of benzene rings is 1. The molecule has 0 unspecified atom stereocenters. The van der Waals surface area contributed by atoms with Gasteiger partial charge in [0.1, 0.15) is 21.4 Å². The molecule has 0 spiro atoms. The summed E-state index contributed by atoms with van der Waals surface area (Å²) >= 11 is 1.20. The largest absolute Gasteiger partial charge is 0.335 e. The number of nitrogens with zero attached hydrogens (tertiary/aromatic N) is 4. The van der Waals surface area contributed by atoms with Gasteiger partial charge in [-0.05, 0) is 24.3 Å². The maximum atomic E-state index is 13.9. The van der Waals surface area contributed by atoms with Gasteiger partial charge in [0.2, 0.25) is 10.0 Å². The average Bonchev–Trinajstić information content (AvgIpc) is 3.24. The summed E-state index contributed by atoms with van der Waals surface area (Å²) in [5, 5.41) is 2.03. The third kappa shape index (κ3) is 3.91. The number of piperazine rings is 1. The molecular weight excluding hydrogens is 415 g/mol. The van der Waals surface area contributed by atoms with Crippen LogP contribution in [0.3, 0.4) is 0 Å². The fourth-order valence-electron chi connectivity index (χ4n) is 3.07. The number of halogens is 1. The number of thiazole rings is 1. The van der Waals surface area contributed by atoms with E-state index >= 15 is 0 Å². The second-order valence-corrected chi connectivity index (χ2v) is 9.20. The van der Waals surface area contributed by atoms with Crippen LogP contribution in [0.25, 0.3) is 10.6 Å². The molecule has 29 heavy (non-hydrogen) atoms. The highest BCUT2D eigenvalue weighted by atomic mass is 32.2. The van der Waals surface area contributed by atoms with Crippen LogP contribution >= 0.6 is 11.3 Å². The van der Waals surface area contributed by atoms with Crippen molar-refractivity contribution in [3.63, 3.8) is 0 Å². The molecular formula is C19H17FN4O3S2. The highest BCUT2D eigenvalue weighted by Gasteiger charge is 2.31. The average molecular weight is 433 g/mol. The van der Waals surface area contributed by atoms with Crippen molar-refractivity contribution in [2.24, 2.45) is 0 Å². The Labute approximate surface area is 171 Å². The fraction of sp³-hybridized carbons (Fsp3) is 0.211. The zero-order chi connectivity index (χ0) is 20.4. The van der Waals surface area contributed by atoms with Crippen molar-refractivity contribution < 1.29 is 17.6 Å². The summed E-state index contributed by atoms with van der Waals surface area (Å²) in [6, 6.07) is 9.34.